The molecule has 2 rings (SSSR count). The highest BCUT2D eigenvalue weighted by molar-refractivity contribution is 9.10. The lowest BCUT2D eigenvalue weighted by Crippen LogP contribution is -2.10. The van der Waals surface area contributed by atoms with Gasteiger partial charge in [-0.05, 0) is 42.8 Å². The van der Waals surface area contributed by atoms with Crippen LogP contribution in [-0.4, -0.2) is 8.42 Å². The molecule has 19 heavy (non-hydrogen) atoms. The van der Waals surface area contributed by atoms with Crippen LogP contribution in [0.2, 0.25) is 0 Å². The molecule has 0 aliphatic carbocycles. The van der Waals surface area contributed by atoms with Gasteiger partial charge in [0.05, 0.1) is 0 Å². The molecule has 0 N–H and O–H groups in total. The quantitative estimate of drug-likeness (QED) is 0.798. The van der Waals surface area contributed by atoms with Gasteiger partial charge < -0.3 is 4.18 Å². The molecular weight excluding hydrogens is 335 g/mol. The van der Waals surface area contributed by atoms with Gasteiger partial charge in [0.1, 0.15) is 4.90 Å². The van der Waals surface area contributed by atoms with Crippen molar-refractivity contribution in [2.24, 2.45) is 0 Å². The largest absolute Gasteiger partial charge is 0.376 e. The van der Waals surface area contributed by atoms with Crippen LogP contribution in [0.3, 0.4) is 0 Å². The smallest absolute Gasteiger partial charge is 0.339 e. The third kappa shape index (κ3) is 3.13. The molecule has 0 spiro atoms. The average molecular weight is 345 g/mol. The minimum absolute atomic E-state index is 0.0172. The fraction of sp³-hybridized carbons (Fsp3) is 0.0769. The van der Waals surface area contributed by atoms with Crippen molar-refractivity contribution >= 4 is 26.0 Å². The van der Waals surface area contributed by atoms with E-state index in [1.54, 1.807) is 13.0 Å². The highest BCUT2D eigenvalue weighted by atomic mass is 79.9. The van der Waals surface area contributed by atoms with Crippen LogP contribution < -0.4 is 4.18 Å². The lowest BCUT2D eigenvalue weighted by atomic mass is 10.2. The minimum Gasteiger partial charge on any atom is -0.376 e. The van der Waals surface area contributed by atoms with Crippen molar-refractivity contribution in [1.82, 2.24) is 0 Å². The Morgan fingerprint density at radius 1 is 1.16 bits per heavy atom. The number of halogens is 2. The standard InChI is InChI=1S/C13H10BrFO3S/c1-9-8-10(6-7-11(9)14)19(16,17)18-13-5-3-2-4-12(13)15/h2-8H,1H3. The molecule has 0 bridgehead atoms. The Morgan fingerprint density at radius 3 is 2.47 bits per heavy atom. The predicted octanol–water partition coefficient (Wildman–Crippen LogP) is 3.66. The summed E-state index contributed by atoms with van der Waals surface area (Å²) in [5.41, 5.74) is 0.748. The molecule has 0 fully saturated rings. The summed E-state index contributed by atoms with van der Waals surface area (Å²) >= 11 is 3.28. The van der Waals surface area contributed by atoms with Crippen molar-refractivity contribution in [2.75, 3.05) is 0 Å². The Hall–Kier alpha value is -1.40. The van der Waals surface area contributed by atoms with E-state index in [9.17, 15) is 12.8 Å². The lowest BCUT2D eigenvalue weighted by molar-refractivity contribution is 0.461. The Kier molecular flexibility index (Phi) is 3.91. The molecule has 2 aromatic carbocycles. The molecule has 0 atom stereocenters. The van der Waals surface area contributed by atoms with Crippen LogP contribution in [0.25, 0.3) is 0 Å². The van der Waals surface area contributed by atoms with Crippen LogP contribution in [-0.2, 0) is 10.1 Å². The molecule has 0 saturated carbocycles. The van der Waals surface area contributed by atoms with Gasteiger partial charge in [0.25, 0.3) is 0 Å². The maximum atomic E-state index is 13.4. The van der Waals surface area contributed by atoms with E-state index in [-0.39, 0.29) is 10.6 Å². The number of benzene rings is 2. The molecule has 0 heterocycles. The summed E-state index contributed by atoms with van der Waals surface area (Å²) in [6, 6.07) is 9.82. The van der Waals surface area contributed by atoms with Gasteiger partial charge in [-0.3, -0.25) is 0 Å². The monoisotopic (exact) mass is 344 g/mol. The highest BCUT2D eigenvalue weighted by Gasteiger charge is 2.19. The molecule has 6 heteroatoms. The van der Waals surface area contributed by atoms with E-state index in [4.69, 9.17) is 4.18 Å². The Labute approximate surface area is 119 Å². The second-order valence-corrected chi connectivity index (χ2v) is 6.28. The van der Waals surface area contributed by atoms with Crippen LogP contribution in [0.5, 0.6) is 5.75 Å². The zero-order valence-corrected chi connectivity index (χ0v) is 12.3. The van der Waals surface area contributed by atoms with Crippen LogP contribution in [0.4, 0.5) is 4.39 Å². The minimum atomic E-state index is -4.04. The fourth-order valence-corrected chi connectivity index (χ4v) is 2.72. The zero-order chi connectivity index (χ0) is 14.0. The van der Waals surface area contributed by atoms with Crippen LogP contribution in [0.15, 0.2) is 51.8 Å². The molecule has 0 unspecified atom stereocenters. The van der Waals surface area contributed by atoms with E-state index in [0.29, 0.717) is 0 Å². The Bertz CT molecular complexity index is 714. The number of para-hydroxylation sites is 1. The maximum Gasteiger partial charge on any atom is 0.339 e. The molecule has 0 amide bonds. The molecule has 0 aliphatic rings. The SMILES string of the molecule is Cc1cc(S(=O)(=O)Oc2ccccc2F)ccc1Br. The van der Waals surface area contributed by atoms with Crippen LogP contribution >= 0.6 is 15.9 Å². The molecule has 2 aromatic rings. The van der Waals surface area contributed by atoms with Gasteiger partial charge in [-0.1, -0.05) is 28.1 Å². The zero-order valence-electron chi connectivity index (χ0n) is 9.93. The Morgan fingerprint density at radius 2 is 1.84 bits per heavy atom. The summed E-state index contributed by atoms with van der Waals surface area (Å²) in [7, 11) is -4.04. The summed E-state index contributed by atoms with van der Waals surface area (Å²) < 4.78 is 43.0. The predicted molar refractivity (Wildman–Crippen MR) is 73.1 cm³/mol. The van der Waals surface area contributed by atoms with Crippen molar-refractivity contribution in [3.8, 4) is 5.75 Å². The summed E-state index contributed by atoms with van der Waals surface area (Å²) in [5, 5.41) is 0. The number of aryl methyl sites for hydroxylation is 1. The summed E-state index contributed by atoms with van der Waals surface area (Å²) in [6.07, 6.45) is 0. The molecule has 100 valence electrons. The van der Waals surface area contributed by atoms with Crippen molar-refractivity contribution in [2.45, 2.75) is 11.8 Å². The normalized spacial score (nSPS) is 11.3. The van der Waals surface area contributed by atoms with Gasteiger partial charge >= 0.3 is 10.1 Å². The van der Waals surface area contributed by atoms with Crippen molar-refractivity contribution in [3.05, 3.63) is 58.3 Å². The van der Waals surface area contributed by atoms with Gasteiger partial charge in [0, 0.05) is 4.47 Å². The first-order valence-electron chi connectivity index (χ1n) is 5.35. The second kappa shape index (κ2) is 5.30. The van der Waals surface area contributed by atoms with E-state index < -0.39 is 15.9 Å². The molecule has 3 nitrogen and oxygen atoms in total. The summed E-state index contributed by atoms with van der Waals surface area (Å²) in [4.78, 5) is -0.0172. The maximum absolute atomic E-state index is 13.4. The first-order valence-corrected chi connectivity index (χ1v) is 7.55. The van der Waals surface area contributed by atoms with E-state index in [1.165, 1.54) is 30.3 Å². The van der Waals surface area contributed by atoms with Gasteiger partial charge in [0.2, 0.25) is 0 Å². The molecule has 0 radical (unpaired) electrons. The van der Waals surface area contributed by atoms with Gasteiger partial charge in [-0.15, -0.1) is 0 Å². The van der Waals surface area contributed by atoms with E-state index >= 15 is 0 Å². The fourth-order valence-electron chi connectivity index (χ4n) is 1.45. The van der Waals surface area contributed by atoms with Crippen LogP contribution in [0.1, 0.15) is 5.56 Å². The first kappa shape index (κ1) is 14.0. The molecule has 0 aliphatic heterocycles. The van der Waals surface area contributed by atoms with E-state index in [1.807, 2.05) is 0 Å². The Balaban J connectivity index is 2.38. The number of hydrogen-bond donors (Lipinski definition) is 0. The lowest BCUT2D eigenvalue weighted by Gasteiger charge is -2.08. The van der Waals surface area contributed by atoms with Gasteiger partial charge in [0.15, 0.2) is 11.6 Å². The van der Waals surface area contributed by atoms with E-state index in [0.717, 1.165) is 16.1 Å². The second-order valence-electron chi connectivity index (χ2n) is 3.88. The van der Waals surface area contributed by atoms with E-state index in [2.05, 4.69) is 15.9 Å². The van der Waals surface area contributed by atoms with Crippen molar-refractivity contribution in [1.29, 1.82) is 0 Å². The molecule has 0 saturated heterocycles. The highest BCUT2D eigenvalue weighted by Crippen LogP contribution is 2.24. The topological polar surface area (TPSA) is 43.4 Å². The average Bonchev–Trinajstić information content (AvgIpc) is 2.35. The van der Waals surface area contributed by atoms with Gasteiger partial charge in [-0.2, -0.15) is 8.42 Å². The van der Waals surface area contributed by atoms with Crippen molar-refractivity contribution in [3.63, 3.8) is 0 Å². The third-order valence-electron chi connectivity index (χ3n) is 2.45. The first-order chi connectivity index (χ1) is 8.90. The molecular formula is C13H10BrFO3S. The third-order valence-corrected chi connectivity index (χ3v) is 4.57. The molecule has 0 aromatic heterocycles. The number of rotatable bonds is 3. The van der Waals surface area contributed by atoms with Crippen LogP contribution in [0, 0.1) is 12.7 Å². The number of hydrogen-bond acceptors (Lipinski definition) is 3. The van der Waals surface area contributed by atoms with Crippen molar-refractivity contribution < 1.29 is 17.0 Å². The summed E-state index contributed by atoms with van der Waals surface area (Å²) in [6.45, 7) is 1.76. The summed E-state index contributed by atoms with van der Waals surface area (Å²) in [5.74, 6) is -1.04. The van der Waals surface area contributed by atoms with Gasteiger partial charge in [-0.25, -0.2) is 4.39 Å².